The molecule has 1 atom stereocenters. The van der Waals surface area contributed by atoms with Crippen LogP contribution in [0, 0.1) is 6.92 Å². The monoisotopic (exact) mass is 386 g/mol. The molecule has 3 aliphatic heterocycles. The van der Waals surface area contributed by atoms with Crippen molar-refractivity contribution in [1.82, 2.24) is 14.8 Å². The molecule has 1 aromatic carbocycles. The Morgan fingerprint density at radius 3 is 3.07 bits per heavy atom. The maximum Gasteiger partial charge on any atom is 0.275 e. The molecule has 0 aliphatic carbocycles. The van der Waals surface area contributed by atoms with Crippen LogP contribution in [0.4, 0.5) is 5.69 Å². The Morgan fingerprint density at radius 1 is 1.44 bits per heavy atom. The molecule has 3 aliphatic rings. The Bertz CT molecular complexity index is 1020. The van der Waals surface area contributed by atoms with Gasteiger partial charge in [0, 0.05) is 36.3 Å². The van der Waals surface area contributed by atoms with Crippen LogP contribution in [0.2, 0.25) is 5.02 Å². The predicted octanol–water partition coefficient (Wildman–Crippen LogP) is 3.07. The van der Waals surface area contributed by atoms with Crippen molar-refractivity contribution in [3.8, 4) is 11.3 Å². The molecule has 0 spiro atoms. The van der Waals surface area contributed by atoms with Gasteiger partial charge in [0.05, 0.1) is 17.2 Å². The van der Waals surface area contributed by atoms with Crippen LogP contribution in [0.15, 0.2) is 35.4 Å². The van der Waals surface area contributed by atoms with Gasteiger partial charge in [0.15, 0.2) is 0 Å². The lowest BCUT2D eigenvalue weighted by Gasteiger charge is -2.16. The van der Waals surface area contributed by atoms with Gasteiger partial charge in [-0.1, -0.05) is 17.7 Å². The molecule has 1 saturated heterocycles. The summed E-state index contributed by atoms with van der Waals surface area (Å²) in [4.78, 5) is 25.0. The number of H-pyrrole nitrogens is 1. The zero-order chi connectivity index (χ0) is 19.0. The van der Waals surface area contributed by atoms with Crippen LogP contribution in [-0.2, 0) is 11.3 Å². The summed E-state index contributed by atoms with van der Waals surface area (Å²) in [7, 11) is 0. The number of halogens is 1. The highest BCUT2D eigenvalue weighted by Crippen LogP contribution is 2.26. The fourth-order valence-electron chi connectivity index (χ4n) is 3.32. The predicted molar refractivity (Wildman–Crippen MR) is 103 cm³/mol. The molecule has 1 amide bonds. The average molecular weight is 387 g/mol. The van der Waals surface area contributed by atoms with E-state index in [1.54, 1.807) is 30.6 Å². The number of nitrogens with one attached hydrogen (secondary N) is 2. The summed E-state index contributed by atoms with van der Waals surface area (Å²) >= 11 is 6.13. The highest BCUT2D eigenvalue weighted by atomic mass is 35.5. The molecule has 140 valence electrons. The number of benzene rings is 1. The number of fused-ring (bicyclic) bond motifs is 1. The molecule has 1 aromatic rings. The molecule has 4 rings (SSSR count). The van der Waals surface area contributed by atoms with Crippen LogP contribution in [0.1, 0.15) is 28.8 Å². The van der Waals surface area contributed by atoms with Crippen LogP contribution in [0.25, 0.3) is 11.3 Å². The smallest absolute Gasteiger partial charge is 0.275 e. The van der Waals surface area contributed by atoms with Gasteiger partial charge in [-0.05, 0) is 37.5 Å². The van der Waals surface area contributed by atoms with Gasteiger partial charge in [-0.15, -0.1) is 0 Å². The number of pyridine rings is 1. The number of hydrogen-bond donors (Lipinski definition) is 2. The zero-order valence-corrected chi connectivity index (χ0v) is 15.5. The first-order valence-corrected chi connectivity index (χ1v) is 9.17. The molecule has 7 nitrogen and oxygen atoms in total. The topological polar surface area (TPSA) is 89.0 Å². The van der Waals surface area contributed by atoms with Gasteiger partial charge in [-0.3, -0.25) is 9.59 Å². The van der Waals surface area contributed by atoms with E-state index in [1.807, 2.05) is 11.5 Å². The van der Waals surface area contributed by atoms with Crippen molar-refractivity contribution in [2.24, 2.45) is 0 Å². The molecule has 0 aromatic heterocycles. The summed E-state index contributed by atoms with van der Waals surface area (Å²) in [5.74, 6) is -0.349. The lowest BCUT2D eigenvalue weighted by molar-refractivity contribution is 0.0961. The van der Waals surface area contributed by atoms with E-state index in [-0.39, 0.29) is 17.6 Å². The summed E-state index contributed by atoms with van der Waals surface area (Å²) in [5.41, 5.74) is 2.12. The third kappa shape index (κ3) is 3.48. The van der Waals surface area contributed by atoms with Gasteiger partial charge in [0.25, 0.3) is 11.5 Å². The molecule has 27 heavy (non-hydrogen) atoms. The summed E-state index contributed by atoms with van der Waals surface area (Å²) in [6.07, 6.45) is 5.49. The Balaban J connectivity index is 1.69. The molecule has 0 radical (unpaired) electrons. The number of aromatic amines is 1. The molecule has 2 N–H and O–H groups in total. The highest BCUT2D eigenvalue weighted by Gasteiger charge is 2.23. The van der Waals surface area contributed by atoms with Crippen molar-refractivity contribution in [2.75, 3.05) is 11.9 Å². The van der Waals surface area contributed by atoms with E-state index < -0.39 is 0 Å². The highest BCUT2D eigenvalue weighted by molar-refractivity contribution is 6.31. The SMILES string of the molecule is Cc1c(Cl)cccc1NC(=O)c1cn(CC2CCCO2)cc2c(=O)[nH]nc1-2. The number of aromatic nitrogens is 3. The minimum absolute atomic E-state index is 0.0838. The second-order valence-corrected chi connectivity index (χ2v) is 7.09. The molecule has 8 heteroatoms. The number of carbonyl (C=O) groups excluding carboxylic acids is 1. The van der Waals surface area contributed by atoms with E-state index in [2.05, 4.69) is 15.5 Å². The standard InChI is InChI=1S/C19H19ClN4O3/c1-11-15(20)5-2-6-16(11)21-18(25)13-9-24(8-12-4-3-7-27-12)10-14-17(13)22-23-19(14)26/h2,5-6,9-10,12H,3-4,7-8H2,1H3,(H,21,25)(H,23,26). The maximum atomic E-state index is 12.9. The third-order valence-corrected chi connectivity index (χ3v) is 5.22. The van der Waals surface area contributed by atoms with Crippen LogP contribution >= 0.6 is 11.6 Å². The third-order valence-electron chi connectivity index (χ3n) is 4.81. The molecule has 1 fully saturated rings. The summed E-state index contributed by atoms with van der Waals surface area (Å²) in [6, 6.07) is 5.32. The average Bonchev–Trinajstić information content (AvgIpc) is 3.29. The van der Waals surface area contributed by atoms with Gasteiger partial charge in [0.2, 0.25) is 0 Å². The fourth-order valence-corrected chi connectivity index (χ4v) is 3.49. The van der Waals surface area contributed by atoms with Crippen molar-refractivity contribution in [1.29, 1.82) is 0 Å². The Morgan fingerprint density at radius 2 is 2.30 bits per heavy atom. The number of carbonyl (C=O) groups is 1. The normalized spacial score (nSPS) is 16.7. The lowest BCUT2D eigenvalue weighted by atomic mass is 10.1. The second kappa shape index (κ2) is 7.17. The van der Waals surface area contributed by atoms with E-state index in [4.69, 9.17) is 16.3 Å². The Kier molecular flexibility index (Phi) is 4.72. The van der Waals surface area contributed by atoms with Crippen molar-refractivity contribution in [2.45, 2.75) is 32.4 Å². The van der Waals surface area contributed by atoms with E-state index in [9.17, 15) is 9.59 Å². The Labute approximate surface area is 160 Å². The second-order valence-electron chi connectivity index (χ2n) is 6.69. The minimum Gasteiger partial charge on any atom is -0.376 e. The number of rotatable bonds is 4. The largest absolute Gasteiger partial charge is 0.376 e. The lowest BCUT2D eigenvalue weighted by Crippen LogP contribution is -2.20. The molecular formula is C19H19ClN4O3. The quantitative estimate of drug-likeness (QED) is 0.721. The number of anilines is 1. The number of ether oxygens (including phenoxy) is 1. The summed E-state index contributed by atoms with van der Waals surface area (Å²) in [5, 5.41) is 9.89. The molecule has 0 bridgehead atoms. The van der Waals surface area contributed by atoms with Crippen molar-refractivity contribution < 1.29 is 9.53 Å². The van der Waals surface area contributed by atoms with Crippen molar-refractivity contribution in [3.05, 3.63) is 57.1 Å². The van der Waals surface area contributed by atoms with Crippen LogP contribution < -0.4 is 10.9 Å². The zero-order valence-electron chi connectivity index (χ0n) is 14.8. The molecule has 1 unspecified atom stereocenters. The Hall–Kier alpha value is -2.64. The van der Waals surface area contributed by atoms with Crippen LogP contribution in [0.5, 0.6) is 0 Å². The van der Waals surface area contributed by atoms with Gasteiger partial charge in [-0.2, -0.15) is 5.10 Å². The van der Waals surface area contributed by atoms with Crippen molar-refractivity contribution in [3.63, 3.8) is 0 Å². The van der Waals surface area contributed by atoms with Crippen LogP contribution in [-0.4, -0.2) is 33.4 Å². The maximum absolute atomic E-state index is 12.9. The van der Waals surface area contributed by atoms with E-state index in [0.29, 0.717) is 34.1 Å². The first-order chi connectivity index (χ1) is 13.0. The van der Waals surface area contributed by atoms with Crippen LogP contribution in [0.3, 0.4) is 0 Å². The van der Waals surface area contributed by atoms with E-state index in [0.717, 1.165) is 25.0 Å². The number of amides is 1. The van der Waals surface area contributed by atoms with E-state index in [1.165, 1.54) is 0 Å². The molecular weight excluding hydrogens is 368 g/mol. The summed E-state index contributed by atoms with van der Waals surface area (Å²) < 4.78 is 7.50. The first kappa shape index (κ1) is 17.8. The van der Waals surface area contributed by atoms with Crippen molar-refractivity contribution >= 4 is 23.2 Å². The number of nitrogens with zero attached hydrogens (tertiary/aromatic N) is 2. The fraction of sp³-hybridized carbons (Fsp3) is 0.316. The van der Waals surface area contributed by atoms with Gasteiger partial charge < -0.3 is 14.6 Å². The summed E-state index contributed by atoms with van der Waals surface area (Å²) in [6.45, 7) is 3.16. The molecule has 3 heterocycles. The molecule has 0 saturated carbocycles. The number of hydrogen-bond acceptors (Lipinski definition) is 4. The first-order valence-electron chi connectivity index (χ1n) is 8.79. The van der Waals surface area contributed by atoms with Gasteiger partial charge in [0.1, 0.15) is 5.69 Å². The van der Waals surface area contributed by atoms with E-state index >= 15 is 0 Å². The van der Waals surface area contributed by atoms with Gasteiger partial charge in [-0.25, -0.2) is 5.10 Å². The minimum atomic E-state index is -0.349. The van der Waals surface area contributed by atoms with Gasteiger partial charge >= 0.3 is 0 Å².